The largest absolute Gasteiger partial charge is 0.462 e. The van der Waals surface area contributed by atoms with Crippen molar-refractivity contribution in [3.63, 3.8) is 0 Å². The molecule has 0 radical (unpaired) electrons. The number of esters is 4. The number of hydroxylamine groups is 8. The van der Waals surface area contributed by atoms with Crippen molar-refractivity contribution in [3.8, 4) is 0 Å². The van der Waals surface area contributed by atoms with Gasteiger partial charge in [0.1, 0.15) is 24.4 Å². The second kappa shape index (κ2) is 31.1. The van der Waals surface area contributed by atoms with E-state index in [9.17, 15) is 39.6 Å². The van der Waals surface area contributed by atoms with Crippen LogP contribution < -0.4 is 0 Å². The van der Waals surface area contributed by atoms with Gasteiger partial charge in [-0.25, -0.2) is 0 Å². The van der Waals surface area contributed by atoms with Crippen molar-refractivity contribution in [1.82, 2.24) is 20.3 Å². The molecule has 4 aliphatic rings. The van der Waals surface area contributed by atoms with Crippen molar-refractivity contribution >= 4 is 23.9 Å². The first kappa shape index (κ1) is 79.6. The van der Waals surface area contributed by atoms with E-state index in [4.69, 9.17) is 38.3 Å². The highest BCUT2D eigenvalue weighted by molar-refractivity contribution is 5.71. The summed E-state index contributed by atoms with van der Waals surface area (Å²) in [7, 11) is 0. The summed E-state index contributed by atoms with van der Waals surface area (Å²) in [5.41, 5.74) is -6.66. The molecule has 0 amide bonds. The third-order valence-corrected chi connectivity index (χ3v) is 16.6. The maximum absolute atomic E-state index is 12.7. The number of hydrogen-bond donors (Lipinski definition) is 4. The zero-order chi connectivity index (χ0) is 67.6. The summed E-state index contributed by atoms with van der Waals surface area (Å²) in [6.45, 7) is 47.6. The van der Waals surface area contributed by atoms with Crippen LogP contribution in [0, 0.1) is 0 Å². The molecule has 4 rings (SSSR count). The molecule has 20 heteroatoms. The molecule has 4 heterocycles. The van der Waals surface area contributed by atoms with Crippen LogP contribution in [0.5, 0.6) is 0 Å². The third kappa shape index (κ3) is 27.5. The Bertz CT molecular complexity index is 1980. The van der Waals surface area contributed by atoms with E-state index >= 15 is 0 Å². The van der Waals surface area contributed by atoms with Crippen molar-refractivity contribution in [2.45, 2.75) is 386 Å². The molecule has 0 aromatic heterocycles. The van der Waals surface area contributed by atoms with Crippen LogP contribution >= 0.6 is 0 Å². The van der Waals surface area contributed by atoms with Gasteiger partial charge in [0.05, 0.1) is 48.8 Å². The highest BCUT2D eigenvalue weighted by atomic mass is 16.7. The topological polar surface area (TPSA) is 236 Å². The lowest BCUT2D eigenvalue weighted by Crippen LogP contribution is -2.62. The minimum Gasteiger partial charge on any atom is -0.462 e. The summed E-state index contributed by atoms with van der Waals surface area (Å²) >= 11 is 0. The molecule has 4 N–H and O–H groups in total. The molecule has 0 atom stereocenters. The fraction of sp³-hybridized carbons (Fsp3) is 0.941. The number of unbranched alkanes of at least 4 members (excludes halogenated alkanes) is 6. The Kier molecular flexibility index (Phi) is 28.1. The fourth-order valence-corrected chi connectivity index (χ4v) is 14.1. The average molecular weight is 1260 g/mol. The number of carbonyl (C=O) groups excluding carboxylic acids is 4. The van der Waals surface area contributed by atoms with Gasteiger partial charge in [0, 0.05) is 121 Å². The molecule has 0 saturated carbocycles. The number of aliphatic hydroxyl groups is 4. The number of carbonyl (C=O) groups is 4. The number of piperidine rings is 4. The first-order valence-corrected chi connectivity index (χ1v) is 33.1. The Balaban J connectivity index is 0.000000462. The Morgan fingerprint density at radius 1 is 0.295 bits per heavy atom. The molecular weight excluding hydrogens is 1130 g/mol. The SMILES string of the molecule is CC(C)(O)CON1C(C)(C)CC(OC(=O)CCCCC(=O)OC2CC(C)(C)N(OCC(C)(C)O)C(C)(C)C2)CC1(C)C.CC(C)(O)CON1C(C)(C)CC(OC(=O)CCCCCCCCC(=O)OC2CC(C)(C)N(OCC(C)(C)O)C(C)(C)C2)CC1(C)C. The highest BCUT2D eigenvalue weighted by Gasteiger charge is 2.52. The van der Waals surface area contributed by atoms with Crippen LogP contribution in [-0.2, 0) is 57.5 Å². The first-order chi connectivity index (χ1) is 39.7. The maximum atomic E-state index is 12.7. The number of nitrogens with zero attached hydrogens (tertiary/aromatic N) is 4. The molecule has 20 nitrogen and oxygen atoms in total. The molecule has 4 aliphatic heterocycles. The summed E-state index contributed by atoms with van der Waals surface area (Å²) < 4.78 is 23.5. The Morgan fingerprint density at radius 3 is 0.580 bits per heavy atom. The van der Waals surface area contributed by atoms with Gasteiger partial charge in [-0.3, -0.25) is 38.5 Å². The highest BCUT2D eigenvalue weighted by Crippen LogP contribution is 2.44. The van der Waals surface area contributed by atoms with Gasteiger partial charge in [-0.15, -0.1) is 0 Å². The zero-order valence-electron chi connectivity index (χ0n) is 59.8. The molecule has 0 unspecified atom stereocenters. The lowest BCUT2D eigenvalue weighted by Gasteiger charge is -2.53. The van der Waals surface area contributed by atoms with Gasteiger partial charge >= 0.3 is 23.9 Å². The molecule has 0 aromatic rings. The van der Waals surface area contributed by atoms with E-state index in [0.717, 1.165) is 38.5 Å². The lowest BCUT2D eigenvalue weighted by atomic mass is 9.80. The van der Waals surface area contributed by atoms with Crippen molar-refractivity contribution in [3.05, 3.63) is 0 Å². The standard InChI is InChI=1S/C36H68N2O8.C32H60N2O8/c1-31(2)21-27(22-32(3,4)37(31)43-25-35(9,10)41)45-29(39)19-17-15-13-14-16-18-20-30(40)46-28-23-33(5,6)38(34(7,8)24-28)44-26-36(11,12)42;1-27(2)17-23(18-28(3,4)33(27)39-21-31(9,10)37)41-25(35)15-13-14-16-26(36)42-24-19-29(5,6)34(30(7,8)20-24)40-22-32(11,12)38/h27-28,41-42H,13-26H2,1-12H3;23-24,37-38H,13-22H2,1-12H3. The van der Waals surface area contributed by atoms with Crippen LogP contribution in [0.25, 0.3) is 0 Å². The predicted octanol–water partition coefficient (Wildman–Crippen LogP) is 11.7. The number of ether oxygens (including phenoxy) is 4. The predicted molar refractivity (Wildman–Crippen MR) is 341 cm³/mol. The quantitative estimate of drug-likeness (QED) is 0.0297. The lowest BCUT2D eigenvalue weighted by molar-refractivity contribution is -0.307. The van der Waals surface area contributed by atoms with E-state index in [2.05, 4.69) is 111 Å². The molecule has 0 bridgehead atoms. The van der Waals surface area contributed by atoms with Gasteiger partial charge in [0.2, 0.25) is 0 Å². The molecule has 0 aliphatic carbocycles. The van der Waals surface area contributed by atoms with Gasteiger partial charge in [-0.1, -0.05) is 25.7 Å². The van der Waals surface area contributed by atoms with Crippen LogP contribution in [-0.4, -0.2) is 182 Å². The van der Waals surface area contributed by atoms with Crippen LogP contribution in [0.4, 0.5) is 0 Å². The van der Waals surface area contributed by atoms with E-state index < -0.39 is 22.4 Å². The molecule has 4 fully saturated rings. The molecule has 0 aromatic carbocycles. The summed E-state index contributed by atoms with van der Waals surface area (Å²) in [5.74, 6) is -0.808. The molecule has 4 saturated heterocycles. The molecule has 516 valence electrons. The van der Waals surface area contributed by atoms with E-state index in [1.165, 1.54) is 0 Å². The smallest absolute Gasteiger partial charge is 0.306 e. The molecule has 88 heavy (non-hydrogen) atoms. The van der Waals surface area contributed by atoms with Crippen molar-refractivity contribution in [1.29, 1.82) is 0 Å². The van der Waals surface area contributed by atoms with Gasteiger partial charge < -0.3 is 39.4 Å². The third-order valence-electron chi connectivity index (χ3n) is 16.6. The number of rotatable bonds is 30. The van der Waals surface area contributed by atoms with E-state index in [1.807, 2.05) is 20.3 Å². The summed E-state index contributed by atoms with van der Waals surface area (Å²) in [5, 5.41) is 48.2. The van der Waals surface area contributed by atoms with E-state index in [1.54, 1.807) is 55.4 Å². The minimum absolute atomic E-state index is 0.147. The van der Waals surface area contributed by atoms with Crippen LogP contribution in [0.3, 0.4) is 0 Å². The normalized spacial score (nSPS) is 23.0. The fourth-order valence-electron chi connectivity index (χ4n) is 14.1. The monoisotopic (exact) mass is 1260 g/mol. The maximum Gasteiger partial charge on any atom is 0.306 e. The summed E-state index contributed by atoms with van der Waals surface area (Å²) in [6.07, 6.45) is 12.3. The second-order valence-corrected chi connectivity index (χ2v) is 33.9. The minimum atomic E-state index is -0.945. The summed E-state index contributed by atoms with van der Waals surface area (Å²) in [6, 6.07) is 0. The van der Waals surface area contributed by atoms with Crippen LogP contribution in [0.15, 0.2) is 0 Å². The Labute approximate surface area is 532 Å². The van der Waals surface area contributed by atoms with Crippen LogP contribution in [0.1, 0.15) is 295 Å². The first-order valence-electron chi connectivity index (χ1n) is 33.1. The molecular formula is C68H128N4O16. The average Bonchev–Trinajstić information content (AvgIpc) is 3.46. The van der Waals surface area contributed by atoms with E-state index in [0.29, 0.717) is 77.0 Å². The van der Waals surface area contributed by atoms with Crippen molar-refractivity contribution < 1.29 is 77.9 Å². The van der Waals surface area contributed by atoms with Gasteiger partial charge in [0.15, 0.2) is 0 Å². The second-order valence-electron chi connectivity index (χ2n) is 33.9. The molecule has 0 spiro atoms. The van der Waals surface area contributed by atoms with Gasteiger partial charge in [-0.05, 0) is 192 Å². The van der Waals surface area contributed by atoms with Crippen molar-refractivity contribution in [2.24, 2.45) is 0 Å². The zero-order valence-corrected chi connectivity index (χ0v) is 59.8. The van der Waals surface area contributed by atoms with Crippen molar-refractivity contribution in [2.75, 3.05) is 26.4 Å². The van der Waals surface area contributed by atoms with E-state index in [-0.39, 0.29) is 132 Å². The van der Waals surface area contributed by atoms with Gasteiger partial charge in [0.25, 0.3) is 0 Å². The summed E-state index contributed by atoms with van der Waals surface area (Å²) in [4.78, 5) is 74.8. The Hall–Kier alpha value is -2.60. The van der Waals surface area contributed by atoms with Crippen LogP contribution in [0.2, 0.25) is 0 Å². The Morgan fingerprint density at radius 2 is 0.432 bits per heavy atom. The number of hydrogen-bond acceptors (Lipinski definition) is 20. The van der Waals surface area contributed by atoms with Gasteiger partial charge in [-0.2, -0.15) is 20.3 Å².